The van der Waals surface area contributed by atoms with Crippen molar-refractivity contribution in [3.8, 4) is 17.5 Å². The maximum atomic E-state index is 9.14. The number of nitriles is 1. The summed E-state index contributed by atoms with van der Waals surface area (Å²) < 4.78 is 1.79. The van der Waals surface area contributed by atoms with Crippen molar-refractivity contribution in [3.63, 3.8) is 0 Å². The van der Waals surface area contributed by atoms with Crippen molar-refractivity contribution in [3.05, 3.63) is 35.7 Å². The van der Waals surface area contributed by atoms with Crippen LogP contribution in [0.1, 0.15) is 32.2 Å². The van der Waals surface area contributed by atoms with Crippen LogP contribution in [0, 0.1) is 11.3 Å². The minimum absolute atomic E-state index is 0.465. The fourth-order valence-corrected chi connectivity index (χ4v) is 1.94. The lowest BCUT2D eigenvalue weighted by Gasteiger charge is -2.15. The molecule has 0 aliphatic heterocycles. The quantitative estimate of drug-likeness (QED) is 0.846. The van der Waals surface area contributed by atoms with E-state index in [0.29, 0.717) is 0 Å². The highest BCUT2D eigenvalue weighted by Gasteiger charge is 2.19. The van der Waals surface area contributed by atoms with Crippen LogP contribution in [-0.2, 0) is 18.9 Å². The maximum absolute atomic E-state index is 9.14. The Kier molecular flexibility index (Phi) is 3.39. The van der Waals surface area contributed by atoms with Gasteiger partial charge in [-0.2, -0.15) is 10.4 Å². The Labute approximate surface area is 113 Å². The van der Waals surface area contributed by atoms with Gasteiger partial charge in [-0.3, -0.25) is 0 Å². The van der Waals surface area contributed by atoms with E-state index in [4.69, 9.17) is 5.26 Å². The summed E-state index contributed by atoms with van der Waals surface area (Å²) in [5.41, 5.74) is 1.57. The Hall–Kier alpha value is -2.15. The topological polar surface area (TPSA) is 54.5 Å². The number of aromatic nitrogens is 3. The van der Waals surface area contributed by atoms with Gasteiger partial charge in [-0.15, -0.1) is 0 Å². The third-order valence-electron chi connectivity index (χ3n) is 3.27. The smallest absolute Gasteiger partial charge is 0.158 e. The average molecular weight is 254 g/mol. The van der Waals surface area contributed by atoms with Crippen LogP contribution in [0.15, 0.2) is 24.3 Å². The molecule has 1 heterocycles. The summed E-state index contributed by atoms with van der Waals surface area (Å²) >= 11 is 0. The van der Waals surface area contributed by atoms with Gasteiger partial charge < -0.3 is 0 Å². The summed E-state index contributed by atoms with van der Waals surface area (Å²) in [6, 6.07) is 10.3. The molecule has 98 valence electrons. The third-order valence-corrected chi connectivity index (χ3v) is 3.27. The molecule has 4 nitrogen and oxygen atoms in total. The first-order valence-corrected chi connectivity index (χ1v) is 6.40. The fraction of sp³-hybridized carbons (Fsp3) is 0.400. The molecule has 4 heteroatoms. The standard InChI is InChI=1S/C15H18N4/c1-5-13-17-14(19(4)18-13)11-6-8-12(9-7-11)15(2,3)10-16/h6-9H,5H2,1-4H3. The zero-order valence-electron chi connectivity index (χ0n) is 11.8. The Morgan fingerprint density at radius 3 is 2.37 bits per heavy atom. The molecule has 0 atom stereocenters. The van der Waals surface area contributed by atoms with Crippen LogP contribution < -0.4 is 0 Å². The van der Waals surface area contributed by atoms with Gasteiger partial charge in [-0.05, 0) is 19.4 Å². The third kappa shape index (κ3) is 2.50. The van der Waals surface area contributed by atoms with Crippen molar-refractivity contribution in [2.75, 3.05) is 0 Å². The van der Waals surface area contributed by atoms with Crippen LogP contribution in [0.3, 0.4) is 0 Å². The van der Waals surface area contributed by atoms with Gasteiger partial charge in [0.2, 0.25) is 0 Å². The molecule has 0 saturated heterocycles. The van der Waals surface area contributed by atoms with Gasteiger partial charge in [0.1, 0.15) is 0 Å². The lowest BCUT2D eigenvalue weighted by atomic mass is 9.86. The molecule has 0 saturated carbocycles. The van der Waals surface area contributed by atoms with Gasteiger partial charge in [-0.25, -0.2) is 9.67 Å². The molecular formula is C15H18N4. The van der Waals surface area contributed by atoms with Gasteiger partial charge >= 0.3 is 0 Å². The zero-order chi connectivity index (χ0) is 14.0. The molecular weight excluding hydrogens is 236 g/mol. The summed E-state index contributed by atoms with van der Waals surface area (Å²) in [5, 5.41) is 13.5. The Morgan fingerprint density at radius 1 is 1.26 bits per heavy atom. The van der Waals surface area contributed by atoms with Gasteiger partial charge in [0.05, 0.1) is 11.5 Å². The SMILES string of the molecule is CCc1nc(-c2ccc(C(C)(C)C#N)cc2)n(C)n1. The van der Waals surface area contributed by atoms with E-state index in [0.717, 1.165) is 29.2 Å². The van der Waals surface area contributed by atoms with E-state index in [-0.39, 0.29) is 0 Å². The molecule has 0 aliphatic carbocycles. The number of benzene rings is 1. The Balaban J connectivity index is 2.38. The van der Waals surface area contributed by atoms with E-state index in [1.807, 2.05) is 52.1 Å². The van der Waals surface area contributed by atoms with Gasteiger partial charge in [0.15, 0.2) is 11.6 Å². The van der Waals surface area contributed by atoms with E-state index in [1.54, 1.807) is 4.68 Å². The first-order valence-electron chi connectivity index (χ1n) is 6.40. The second-order valence-corrected chi connectivity index (χ2v) is 5.14. The maximum Gasteiger partial charge on any atom is 0.158 e. The van der Waals surface area contributed by atoms with Crippen LogP contribution in [0.5, 0.6) is 0 Å². The van der Waals surface area contributed by atoms with Crippen molar-refractivity contribution in [1.82, 2.24) is 14.8 Å². The largest absolute Gasteiger partial charge is 0.249 e. The Bertz CT molecular complexity index is 615. The normalized spacial score (nSPS) is 11.3. The number of hydrogen-bond donors (Lipinski definition) is 0. The minimum Gasteiger partial charge on any atom is -0.249 e. The summed E-state index contributed by atoms with van der Waals surface area (Å²) in [7, 11) is 1.90. The highest BCUT2D eigenvalue weighted by atomic mass is 15.3. The first kappa shape index (κ1) is 13.3. The predicted octanol–water partition coefficient (Wildman–Crippen LogP) is 2.85. The predicted molar refractivity (Wildman–Crippen MR) is 74.5 cm³/mol. The highest BCUT2D eigenvalue weighted by Crippen LogP contribution is 2.25. The molecule has 2 aromatic rings. The van der Waals surface area contributed by atoms with Crippen LogP contribution in [0.4, 0.5) is 0 Å². The highest BCUT2D eigenvalue weighted by molar-refractivity contribution is 5.56. The lowest BCUT2D eigenvalue weighted by Crippen LogP contribution is -2.13. The Morgan fingerprint density at radius 2 is 1.89 bits per heavy atom. The van der Waals surface area contributed by atoms with E-state index in [1.165, 1.54) is 0 Å². The summed E-state index contributed by atoms with van der Waals surface area (Å²) in [6.07, 6.45) is 0.827. The molecule has 2 rings (SSSR count). The average Bonchev–Trinajstić information content (AvgIpc) is 2.80. The van der Waals surface area contributed by atoms with Crippen molar-refractivity contribution in [2.24, 2.45) is 7.05 Å². The van der Waals surface area contributed by atoms with Crippen molar-refractivity contribution in [2.45, 2.75) is 32.6 Å². The van der Waals surface area contributed by atoms with Crippen LogP contribution >= 0.6 is 0 Å². The van der Waals surface area contributed by atoms with Crippen molar-refractivity contribution in [1.29, 1.82) is 5.26 Å². The second kappa shape index (κ2) is 4.85. The van der Waals surface area contributed by atoms with Crippen LogP contribution in [0.25, 0.3) is 11.4 Å². The molecule has 0 aliphatic rings. The summed E-state index contributed by atoms with van der Waals surface area (Å²) in [5.74, 6) is 1.71. The fourth-order valence-electron chi connectivity index (χ4n) is 1.94. The monoisotopic (exact) mass is 254 g/mol. The van der Waals surface area contributed by atoms with E-state index >= 15 is 0 Å². The summed E-state index contributed by atoms with van der Waals surface area (Å²) in [6.45, 7) is 5.87. The second-order valence-electron chi connectivity index (χ2n) is 5.14. The molecule has 0 spiro atoms. The number of hydrogen-bond acceptors (Lipinski definition) is 3. The molecule has 0 unspecified atom stereocenters. The first-order chi connectivity index (χ1) is 8.97. The van der Waals surface area contributed by atoms with Crippen molar-refractivity contribution < 1.29 is 0 Å². The van der Waals surface area contributed by atoms with Crippen molar-refractivity contribution >= 4 is 0 Å². The molecule has 0 radical (unpaired) electrons. The van der Waals surface area contributed by atoms with Gasteiger partial charge in [-0.1, -0.05) is 31.2 Å². The molecule has 0 N–H and O–H groups in total. The number of nitrogens with zero attached hydrogens (tertiary/aromatic N) is 4. The van der Waals surface area contributed by atoms with E-state index in [9.17, 15) is 0 Å². The van der Waals surface area contributed by atoms with E-state index < -0.39 is 5.41 Å². The molecule has 1 aromatic heterocycles. The molecule has 1 aromatic carbocycles. The van der Waals surface area contributed by atoms with Crippen LogP contribution in [-0.4, -0.2) is 14.8 Å². The minimum atomic E-state index is -0.465. The van der Waals surface area contributed by atoms with Gasteiger partial charge in [0, 0.05) is 19.0 Å². The summed E-state index contributed by atoms with van der Waals surface area (Å²) in [4.78, 5) is 4.50. The van der Waals surface area contributed by atoms with Crippen LogP contribution in [0.2, 0.25) is 0 Å². The molecule has 19 heavy (non-hydrogen) atoms. The van der Waals surface area contributed by atoms with E-state index in [2.05, 4.69) is 16.2 Å². The molecule has 0 bridgehead atoms. The molecule has 0 amide bonds. The lowest BCUT2D eigenvalue weighted by molar-refractivity contribution is 0.687. The van der Waals surface area contributed by atoms with Gasteiger partial charge in [0.25, 0.3) is 0 Å². The molecule has 0 fully saturated rings. The number of rotatable bonds is 3. The zero-order valence-corrected chi connectivity index (χ0v) is 11.8. The number of aryl methyl sites for hydroxylation is 2.